The standard InChI is InChI=1S/C15H16IN5O4S/c16-9-2-1-7(26-9)3-15(12(24)11(23)8(4-22)25-15)21-6-20-10-13(17)18-5-19-14(10)21/h1-2,5-6,8,11-12,22-24H,3-4H2,(H2,17,18,19)/t8-,11-,12-,15-/m1/s1. The number of aliphatic hydroxyl groups is 3. The molecule has 4 heterocycles. The summed E-state index contributed by atoms with van der Waals surface area (Å²) in [6, 6.07) is 3.90. The number of aromatic nitrogens is 4. The molecule has 3 aromatic rings. The maximum atomic E-state index is 10.9. The number of thiophene rings is 1. The highest BCUT2D eigenvalue weighted by atomic mass is 127. The molecular formula is C15H16IN5O4S. The topological polar surface area (TPSA) is 140 Å². The number of hydrogen-bond donors (Lipinski definition) is 4. The first kappa shape index (κ1) is 18.0. The average Bonchev–Trinajstić information content (AvgIpc) is 3.29. The minimum atomic E-state index is -1.38. The first-order chi connectivity index (χ1) is 12.5. The van der Waals surface area contributed by atoms with Gasteiger partial charge in [-0.05, 0) is 34.7 Å². The third-order valence-electron chi connectivity index (χ3n) is 4.53. The summed E-state index contributed by atoms with van der Waals surface area (Å²) in [5.41, 5.74) is 5.25. The lowest BCUT2D eigenvalue weighted by atomic mass is 9.98. The molecule has 4 atom stereocenters. The zero-order valence-corrected chi connectivity index (χ0v) is 16.3. The van der Waals surface area contributed by atoms with Gasteiger partial charge in [0, 0.05) is 11.3 Å². The van der Waals surface area contributed by atoms with Gasteiger partial charge in [-0.15, -0.1) is 11.3 Å². The normalized spacial score (nSPS) is 28.8. The van der Waals surface area contributed by atoms with E-state index in [0.29, 0.717) is 11.2 Å². The Morgan fingerprint density at radius 3 is 2.77 bits per heavy atom. The van der Waals surface area contributed by atoms with Gasteiger partial charge in [0.25, 0.3) is 0 Å². The molecule has 0 aliphatic carbocycles. The predicted octanol–water partition coefficient (Wildman–Crippen LogP) is 0.0830. The van der Waals surface area contributed by atoms with Gasteiger partial charge in [0.1, 0.15) is 30.2 Å². The van der Waals surface area contributed by atoms with Gasteiger partial charge in [0.05, 0.1) is 15.8 Å². The van der Waals surface area contributed by atoms with Crippen molar-refractivity contribution in [1.29, 1.82) is 0 Å². The number of aliphatic hydroxyl groups excluding tert-OH is 3. The Kier molecular flexibility index (Phi) is 4.61. The van der Waals surface area contributed by atoms with Gasteiger partial charge in [-0.25, -0.2) is 15.0 Å². The number of nitrogen functional groups attached to an aromatic ring is 1. The van der Waals surface area contributed by atoms with Crippen LogP contribution in [0.1, 0.15) is 4.88 Å². The fourth-order valence-electron chi connectivity index (χ4n) is 3.27. The summed E-state index contributed by atoms with van der Waals surface area (Å²) in [7, 11) is 0. The van der Waals surface area contributed by atoms with Gasteiger partial charge < -0.3 is 25.8 Å². The Hall–Kier alpha value is -1.38. The van der Waals surface area contributed by atoms with Crippen LogP contribution in [0.4, 0.5) is 5.82 Å². The lowest BCUT2D eigenvalue weighted by Gasteiger charge is -2.33. The molecule has 1 aliphatic rings. The summed E-state index contributed by atoms with van der Waals surface area (Å²) in [5, 5.41) is 30.8. The molecule has 1 fully saturated rings. The third kappa shape index (κ3) is 2.70. The van der Waals surface area contributed by atoms with Crippen molar-refractivity contribution in [1.82, 2.24) is 19.5 Å². The number of nitrogens with two attached hydrogens (primary N) is 1. The van der Waals surface area contributed by atoms with E-state index < -0.39 is 30.6 Å². The number of ether oxygens (including phenoxy) is 1. The summed E-state index contributed by atoms with van der Waals surface area (Å²) in [6.45, 7) is -0.425. The van der Waals surface area contributed by atoms with E-state index in [0.717, 1.165) is 7.76 Å². The van der Waals surface area contributed by atoms with Crippen molar-refractivity contribution in [2.24, 2.45) is 0 Å². The van der Waals surface area contributed by atoms with E-state index in [4.69, 9.17) is 10.5 Å². The number of halogens is 1. The van der Waals surface area contributed by atoms with Crippen molar-refractivity contribution in [3.63, 3.8) is 0 Å². The minimum Gasteiger partial charge on any atom is -0.394 e. The van der Waals surface area contributed by atoms with Gasteiger partial charge in [0.15, 0.2) is 17.2 Å². The summed E-state index contributed by atoms with van der Waals surface area (Å²) in [5.74, 6) is 0.210. The monoisotopic (exact) mass is 489 g/mol. The van der Waals surface area contributed by atoms with Gasteiger partial charge in [-0.2, -0.15) is 0 Å². The second-order valence-electron chi connectivity index (χ2n) is 6.05. The lowest BCUT2D eigenvalue weighted by molar-refractivity contribution is -0.144. The van der Waals surface area contributed by atoms with E-state index in [2.05, 4.69) is 37.5 Å². The Balaban J connectivity index is 1.89. The third-order valence-corrected chi connectivity index (χ3v) is 6.42. The highest BCUT2D eigenvalue weighted by Gasteiger charge is 2.56. The first-order valence-corrected chi connectivity index (χ1v) is 9.69. The van der Waals surface area contributed by atoms with Crippen molar-refractivity contribution in [3.05, 3.63) is 32.5 Å². The van der Waals surface area contributed by atoms with E-state index in [1.807, 2.05) is 12.1 Å². The Bertz CT molecular complexity index is 949. The van der Waals surface area contributed by atoms with Crippen LogP contribution < -0.4 is 5.73 Å². The minimum absolute atomic E-state index is 0.210. The van der Waals surface area contributed by atoms with Crippen LogP contribution in [0.2, 0.25) is 0 Å². The molecular weight excluding hydrogens is 473 g/mol. The van der Waals surface area contributed by atoms with Crippen LogP contribution in [0.15, 0.2) is 24.8 Å². The molecule has 0 saturated carbocycles. The van der Waals surface area contributed by atoms with Gasteiger partial charge in [0.2, 0.25) is 0 Å². The molecule has 11 heteroatoms. The summed E-state index contributed by atoms with van der Waals surface area (Å²) >= 11 is 3.77. The molecule has 1 saturated heterocycles. The maximum absolute atomic E-state index is 10.9. The molecule has 5 N–H and O–H groups in total. The van der Waals surface area contributed by atoms with Crippen LogP contribution in [0, 0.1) is 2.88 Å². The molecule has 3 aromatic heterocycles. The van der Waals surface area contributed by atoms with Crippen LogP contribution in [0.3, 0.4) is 0 Å². The molecule has 0 radical (unpaired) electrons. The molecule has 1 aliphatic heterocycles. The maximum Gasteiger partial charge on any atom is 0.181 e. The average molecular weight is 489 g/mol. The first-order valence-electron chi connectivity index (χ1n) is 7.79. The molecule has 26 heavy (non-hydrogen) atoms. The fourth-order valence-corrected chi connectivity index (χ4v) is 5.10. The molecule has 138 valence electrons. The van der Waals surface area contributed by atoms with Crippen molar-refractivity contribution < 1.29 is 20.1 Å². The Labute approximate surface area is 165 Å². The summed E-state index contributed by atoms with van der Waals surface area (Å²) in [4.78, 5) is 13.3. The van der Waals surface area contributed by atoms with Crippen LogP contribution in [-0.2, 0) is 16.9 Å². The number of imidazole rings is 1. The molecule has 0 unspecified atom stereocenters. The van der Waals surface area contributed by atoms with Crippen molar-refractivity contribution >= 4 is 50.9 Å². The molecule has 4 rings (SSSR count). The zero-order valence-electron chi connectivity index (χ0n) is 13.4. The Morgan fingerprint density at radius 1 is 1.31 bits per heavy atom. The van der Waals surface area contributed by atoms with Gasteiger partial charge >= 0.3 is 0 Å². The zero-order chi connectivity index (χ0) is 18.5. The lowest BCUT2D eigenvalue weighted by Crippen LogP contribution is -2.47. The van der Waals surface area contributed by atoms with Crippen LogP contribution in [-0.4, -0.2) is 59.8 Å². The van der Waals surface area contributed by atoms with Gasteiger partial charge in [-0.1, -0.05) is 0 Å². The summed E-state index contributed by atoms with van der Waals surface area (Å²) in [6.07, 6.45) is -0.447. The van der Waals surface area contributed by atoms with E-state index >= 15 is 0 Å². The smallest absolute Gasteiger partial charge is 0.181 e. The number of rotatable bonds is 4. The van der Waals surface area contributed by atoms with Crippen LogP contribution in [0.5, 0.6) is 0 Å². The molecule has 0 aromatic carbocycles. The Morgan fingerprint density at radius 2 is 2.12 bits per heavy atom. The second kappa shape index (κ2) is 6.65. The largest absolute Gasteiger partial charge is 0.394 e. The van der Waals surface area contributed by atoms with E-state index in [1.54, 1.807) is 15.9 Å². The highest BCUT2D eigenvalue weighted by Crippen LogP contribution is 2.41. The second-order valence-corrected chi connectivity index (χ2v) is 9.11. The van der Waals surface area contributed by atoms with E-state index in [9.17, 15) is 15.3 Å². The van der Waals surface area contributed by atoms with E-state index in [1.165, 1.54) is 12.7 Å². The highest BCUT2D eigenvalue weighted by molar-refractivity contribution is 14.1. The molecule has 0 spiro atoms. The molecule has 0 bridgehead atoms. The fraction of sp³-hybridized carbons (Fsp3) is 0.400. The van der Waals surface area contributed by atoms with Gasteiger partial charge in [-0.3, -0.25) is 4.57 Å². The predicted molar refractivity (Wildman–Crippen MR) is 102 cm³/mol. The molecule has 9 nitrogen and oxygen atoms in total. The SMILES string of the molecule is Nc1ncnc2c1ncn2[C@]1(Cc2ccc(I)s2)O[C@H](CO)[C@@H](O)[C@H]1O. The number of fused-ring (bicyclic) bond motifs is 1. The van der Waals surface area contributed by atoms with Crippen LogP contribution in [0.25, 0.3) is 11.2 Å². The quantitative estimate of drug-likeness (QED) is 0.378. The van der Waals surface area contributed by atoms with E-state index in [-0.39, 0.29) is 12.2 Å². The van der Waals surface area contributed by atoms with Crippen molar-refractivity contribution in [2.45, 2.75) is 30.5 Å². The van der Waals surface area contributed by atoms with Crippen molar-refractivity contribution in [2.75, 3.05) is 12.3 Å². The number of anilines is 1. The number of hydrogen-bond acceptors (Lipinski definition) is 9. The van der Waals surface area contributed by atoms with Crippen LogP contribution >= 0.6 is 33.9 Å². The molecule has 0 amide bonds. The number of nitrogens with zero attached hydrogens (tertiary/aromatic N) is 4. The van der Waals surface area contributed by atoms with Crippen molar-refractivity contribution in [3.8, 4) is 0 Å². The summed E-state index contributed by atoms with van der Waals surface area (Å²) < 4.78 is 8.66.